The number of nitrogens with zero attached hydrogens (tertiary/aromatic N) is 1. The molecular formula is C26H20BrCl2NO5S. The number of benzene rings is 3. The molecule has 4 rings (SSSR count). The largest absolute Gasteiger partial charge is 0.493 e. The van der Waals surface area contributed by atoms with E-state index in [-0.39, 0.29) is 30.9 Å². The average molecular weight is 609 g/mol. The number of imide groups is 1. The second-order valence-electron chi connectivity index (χ2n) is 7.55. The van der Waals surface area contributed by atoms with Crippen molar-refractivity contribution in [2.24, 2.45) is 0 Å². The fraction of sp³-hybridized carbons (Fsp3) is 0.154. The molecule has 10 heteroatoms. The van der Waals surface area contributed by atoms with Gasteiger partial charge in [0, 0.05) is 15.6 Å². The molecule has 1 aliphatic heterocycles. The van der Waals surface area contributed by atoms with Gasteiger partial charge in [-0.2, -0.15) is 0 Å². The van der Waals surface area contributed by atoms with Crippen LogP contribution in [-0.4, -0.2) is 36.3 Å². The van der Waals surface area contributed by atoms with E-state index in [1.165, 1.54) is 12.0 Å². The molecular weight excluding hydrogens is 589 g/mol. The lowest BCUT2D eigenvalue weighted by Crippen LogP contribution is -2.32. The quantitative estimate of drug-likeness (QED) is 0.235. The highest BCUT2D eigenvalue weighted by atomic mass is 79.9. The third kappa shape index (κ3) is 6.37. The van der Waals surface area contributed by atoms with Gasteiger partial charge >= 0.3 is 0 Å². The zero-order valence-electron chi connectivity index (χ0n) is 19.0. The summed E-state index contributed by atoms with van der Waals surface area (Å²) in [6.07, 6.45) is 1.65. The minimum absolute atomic E-state index is 0.157. The number of para-hydroxylation sites is 1. The van der Waals surface area contributed by atoms with Crippen LogP contribution in [0.3, 0.4) is 0 Å². The van der Waals surface area contributed by atoms with E-state index in [9.17, 15) is 9.59 Å². The third-order valence-corrected chi connectivity index (χ3v) is 7.22. The Morgan fingerprint density at radius 2 is 1.81 bits per heavy atom. The number of rotatable bonds is 9. The van der Waals surface area contributed by atoms with Crippen molar-refractivity contribution in [1.29, 1.82) is 0 Å². The second-order valence-corrected chi connectivity index (χ2v) is 10.2. The lowest BCUT2D eigenvalue weighted by Gasteiger charge is -2.14. The summed E-state index contributed by atoms with van der Waals surface area (Å²) >= 11 is 16.6. The van der Waals surface area contributed by atoms with E-state index in [1.54, 1.807) is 36.4 Å². The summed E-state index contributed by atoms with van der Waals surface area (Å²) in [4.78, 5) is 26.8. The summed E-state index contributed by atoms with van der Waals surface area (Å²) in [6, 6.07) is 17.9. The van der Waals surface area contributed by atoms with Crippen LogP contribution in [0.25, 0.3) is 6.08 Å². The molecule has 1 aliphatic rings. The standard InChI is InChI=1S/C26H20BrCl2NO5S/c1-33-22-12-16(11-20(27)24(22)35-15-17-7-8-18(28)14-21(17)29)13-23-25(31)30(26(32)36-23)9-10-34-19-5-3-2-4-6-19/h2-8,11-14H,9-10,15H2,1H3/b23-13-. The van der Waals surface area contributed by atoms with Crippen LogP contribution >= 0.6 is 50.9 Å². The lowest BCUT2D eigenvalue weighted by atomic mass is 10.1. The van der Waals surface area contributed by atoms with E-state index in [4.69, 9.17) is 37.4 Å². The first-order valence-corrected chi connectivity index (χ1v) is 13.1. The molecule has 0 aliphatic carbocycles. The van der Waals surface area contributed by atoms with Crippen LogP contribution in [0.5, 0.6) is 17.2 Å². The number of methoxy groups -OCH3 is 1. The summed E-state index contributed by atoms with van der Waals surface area (Å²) in [6.45, 7) is 0.566. The van der Waals surface area contributed by atoms with Crippen molar-refractivity contribution >= 4 is 68.1 Å². The first kappa shape index (κ1) is 26.4. The summed E-state index contributed by atoms with van der Waals surface area (Å²) in [5, 5.41) is 0.702. The van der Waals surface area contributed by atoms with Crippen LogP contribution in [0.2, 0.25) is 10.0 Å². The van der Waals surface area contributed by atoms with E-state index < -0.39 is 0 Å². The number of carbonyl (C=O) groups is 2. The Kier molecular flexibility index (Phi) is 8.85. The minimum atomic E-state index is -0.366. The highest BCUT2D eigenvalue weighted by molar-refractivity contribution is 9.10. The molecule has 1 fully saturated rings. The number of ether oxygens (including phenoxy) is 3. The van der Waals surface area contributed by atoms with Crippen molar-refractivity contribution in [2.45, 2.75) is 6.61 Å². The number of amides is 2. The predicted molar refractivity (Wildman–Crippen MR) is 146 cm³/mol. The molecule has 1 saturated heterocycles. The molecule has 0 unspecified atom stereocenters. The number of hydrogen-bond acceptors (Lipinski definition) is 6. The SMILES string of the molecule is COc1cc(/C=C2\SC(=O)N(CCOc3ccccc3)C2=O)cc(Br)c1OCc1ccc(Cl)cc1Cl. The zero-order chi connectivity index (χ0) is 25.7. The van der Waals surface area contributed by atoms with E-state index >= 15 is 0 Å². The number of thioether (sulfide) groups is 1. The smallest absolute Gasteiger partial charge is 0.293 e. The maximum absolute atomic E-state index is 12.9. The number of hydrogen-bond donors (Lipinski definition) is 0. The second kappa shape index (κ2) is 12.1. The van der Waals surface area contributed by atoms with E-state index in [0.29, 0.717) is 42.2 Å². The molecule has 3 aromatic carbocycles. The van der Waals surface area contributed by atoms with Crippen LogP contribution in [0, 0.1) is 0 Å². The minimum Gasteiger partial charge on any atom is -0.493 e. The predicted octanol–water partition coefficient (Wildman–Crippen LogP) is 7.46. The summed E-state index contributed by atoms with van der Waals surface area (Å²) in [7, 11) is 1.52. The van der Waals surface area contributed by atoms with Crippen LogP contribution < -0.4 is 14.2 Å². The summed E-state index contributed by atoms with van der Waals surface area (Å²) in [5.74, 6) is 1.25. The van der Waals surface area contributed by atoms with Crippen molar-refractivity contribution in [3.63, 3.8) is 0 Å². The van der Waals surface area contributed by atoms with Crippen LogP contribution in [0.4, 0.5) is 4.79 Å². The van der Waals surface area contributed by atoms with Crippen LogP contribution in [0.15, 0.2) is 70.0 Å². The Hall–Kier alpha value is -2.65. The molecule has 1 heterocycles. The molecule has 6 nitrogen and oxygen atoms in total. The van der Waals surface area contributed by atoms with Gasteiger partial charge in [-0.15, -0.1) is 0 Å². The molecule has 2 amide bonds. The van der Waals surface area contributed by atoms with E-state index in [0.717, 1.165) is 17.3 Å². The molecule has 0 atom stereocenters. The average Bonchev–Trinajstić information content (AvgIpc) is 3.12. The first-order chi connectivity index (χ1) is 17.4. The van der Waals surface area contributed by atoms with Gasteiger partial charge in [0.05, 0.1) is 23.0 Å². The Morgan fingerprint density at radius 3 is 2.53 bits per heavy atom. The zero-order valence-corrected chi connectivity index (χ0v) is 22.9. The van der Waals surface area contributed by atoms with Crippen molar-refractivity contribution in [2.75, 3.05) is 20.3 Å². The fourth-order valence-electron chi connectivity index (χ4n) is 3.37. The van der Waals surface area contributed by atoms with Crippen LogP contribution in [-0.2, 0) is 11.4 Å². The molecule has 186 valence electrons. The molecule has 0 bridgehead atoms. The van der Waals surface area contributed by atoms with Crippen molar-refractivity contribution in [1.82, 2.24) is 4.90 Å². The third-order valence-electron chi connectivity index (χ3n) is 5.14. The highest BCUT2D eigenvalue weighted by Gasteiger charge is 2.35. The normalized spacial score (nSPS) is 14.4. The Bertz CT molecular complexity index is 1320. The van der Waals surface area contributed by atoms with Gasteiger partial charge in [-0.25, -0.2) is 0 Å². The molecule has 0 radical (unpaired) electrons. The molecule has 0 spiro atoms. The Morgan fingerprint density at radius 1 is 1.03 bits per heavy atom. The van der Waals surface area contributed by atoms with E-state index in [1.807, 2.05) is 30.3 Å². The summed E-state index contributed by atoms with van der Waals surface area (Å²) in [5.41, 5.74) is 1.44. The van der Waals surface area contributed by atoms with Gasteiger partial charge in [-0.1, -0.05) is 47.5 Å². The Balaban J connectivity index is 1.45. The van der Waals surface area contributed by atoms with Crippen molar-refractivity contribution in [3.8, 4) is 17.2 Å². The maximum Gasteiger partial charge on any atom is 0.293 e. The van der Waals surface area contributed by atoms with Crippen molar-refractivity contribution < 1.29 is 23.8 Å². The molecule has 0 N–H and O–H groups in total. The Labute approximate surface area is 231 Å². The van der Waals surface area contributed by atoms with Gasteiger partial charge in [-0.3, -0.25) is 14.5 Å². The van der Waals surface area contributed by atoms with Crippen molar-refractivity contribution in [3.05, 3.63) is 91.2 Å². The number of halogens is 3. The van der Waals surface area contributed by atoms with Gasteiger partial charge in [-0.05, 0) is 75.7 Å². The molecule has 36 heavy (non-hydrogen) atoms. The topological polar surface area (TPSA) is 65.1 Å². The van der Waals surface area contributed by atoms with Gasteiger partial charge in [0.1, 0.15) is 19.0 Å². The highest BCUT2D eigenvalue weighted by Crippen LogP contribution is 2.40. The summed E-state index contributed by atoms with van der Waals surface area (Å²) < 4.78 is 17.7. The lowest BCUT2D eigenvalue weighted by molar-refractivity contribution is -0.123. The van der Waals surface area contributed by atoms with Gasteiger partial charge in [0.2, 0.25) is 0 Å². The van der Waals surface area contributed by atoms with Gasteiger partial charge in [0.25, 0.3) is 11.1 Å². The number of carbonyl (C=O) groups excluding carboxylic acids is 2. The van der Waals surface area contributed by atoms with E-state index in [2.05, 4.69) is 15.9 Å². The van der Waals surface area contributed by atoms with Crippen LogP contribution in [0.1, 0.15) is 11.1 Å². The molecule has 3 aromatic rings. The monoisotopic (exact) mass is 607 g/mol. The maximum atomic E-state index is 12.9. The fourth-order valence-corrected chi connectivity index (χ4v) is 5.27. The molecule has 0 saturated carbocycles. The van der Waals surface area contributed by atoms with Gasteiger partial charge < -0.3 is 14.2 Å². The van der Waals surface area contributed by atoms with Gasteiger partial charge in [0.15, 0.2) is 11.5 Å². The molecule has 0 aromatic heterocycles. The first-order valence-electron chi connectivity index (χ1n) is 10.7.